The first-order valence-corrected chi connectivity index (χ1v) is 3.72. The van der Waals surface area contributed by atoms with Gasteiger partial charge in [-0.3, -0.25) is 4.90 Å². The largest absolute Gasteiger partial charge is 0.465 e. The fourth-order valence-electron chi connectivity index (χ4n) is 1.47. The number of carbonyl (C=O) groups is 1. The fraction of sp³-hybridized carbons (Fsp3) is 0.714. The van der Waals surface area contributed by atoms with Gasteiger partial charge in [-0.2, -0.15) is 0 Å². The van der Waals surface area contributed by atoms with Crippen LogP contribution in [0.4, 0.5) is 4.79 Å². The highest BCUT2D eigenvalue weighted by atomic mass is 16.4. The van der Waals surface area contributed by atoms with Crippen LogP contribution in [0.25, 0.3) is 0 Å². The van der Waals surface area contributed by atoms with Gasteiger partial charge in [-0.1, -0.05) is 5.16 Å². The number of oxime groups is 1. The molecule has 0 atom stereocenters. The molecule has 0 aromatic carbocycles. The molecular formula is C7H12N2O3. The minimum Gasteiger partial charge on any atom is -0.465 e. The number of carboxylic acid groups (broad SMARTS) is 1. The number of amides is 1. The summed E-state index contributed by atoms with van der Waals surface area (Å²) in [5.74, 6) is 0. The number of hydrogen-bond donors (Lipinski definition) is 2. The van der Waals surface area contributed by atoms with Gasteiger partial charge in [-0.15, -0.1) is 0 Å². The van der Waals surface area contributed by atoms with Crippen LogP contribution in [0.2, 0.25) is 0 Å². The summed E-state index contributed by atoms with van der Waals surface area (Å²) in [4.78, 5) is 11.9. The van der Waals surface area contributed by atoms with Gasteiger partial charge in [0, 0.05) is 13.0 Å². The molecule has 2 N–H and O–H groups in total. The first-order valence-electron chi connectivity index (χ1n) is 3.72. The molecule has 0 aromatic heterocycles. The van der Waals surface area contributed by atoms with Crippen molar-refractivity contribution in [2.45, 2.75) is 25.8 Å². The highest BCUT2D eigenvalue weighted by molar-refractivity contribution is 5.97. The van der Waals surface area contributed by atoms with E-state index in [4.69, 9.17) is 10.3 Å². The highest BCUT2D eigenvalue weighted by Crippen LogP contribution is 2.25. The van der Waals surface area contributed by atoms with Crippen LogP contribution in [0.1, 0.15) is 20.3 Å². The maximum atomic E-state index is 10.7. The van der Waals surface area contributed by atoms with Crippen molar-refractivity contribution >= 4 is 11.8 Å². The quantitative estimate of drug-likeness (QED) is 0.422. The van der Waals surface area contributed by atoms with Gasteiger partial charge in [-0.05, 0) is 13.8 Å². The molecule has 1 saturated heterocycles. The highest BCUT2D eigenvalue weighted by Gasteiger charge is 2.41. The monoisotopic (exact) mass is 172 g/mol. The smallest absolute Gasteiger partial charge is 0.408 e. The molecule has 5 nitrogen and oxygen atoms in total. The molecule has 0 aromatic rings. The number of hydrogen-bond acceptors (Lipinski definition) is 3. The molecule has 1 amide bonds. The Morgan fingerprint density at radius 3 is 2.50 bits per heavy atom. The molecule has 0 radical (unpaired) electrons. The van der Waals surface area contributed by atoms with E-state index in [-0.39, 0.29) is 0 Å². The summed E-state index contributed by atoms with van der Waals surface area (Å²) in [6.07, 6.45) is -0.464. The van der Waals surface area contributed by atoms with Crippen LogP contribution in [0.5, 0.6) is 0 Å². The lowest BCUT2D eigenvalue weighted by Crippen LogP contribution is -2.45. The Morgan fingerprint density at radius 2 is 2.25 bits per heavy atom. The van der Waals surface area contributed by atoms with E-state index in [2.05, 4.69) is 5.16 Å². The molecule has 0 bridgehead atoms. The molecule has 5 heteroatoms. The van der Waals surface area contributed by atoms with E-state index in [0.717, 1.165) is 0 Å². The van der Waals surface area contributed by atoms with E-state index in [1.165, 1.54) is 4.90 Å². The SMILES string of the molecule is CC1(C)C(=NO)CCN1C(=O)O. The van der Waals surface area contributed by atoms with Crippen LogP contribution in [0, 0.1) is 0 Å². The summed E-state index contributed by atoms with van der Waals surface area (Å²) in [5.41, 5.74) is -0.148. The lowest BCUT2D eigenvalue weighted by Gasteiger charge is -2.28. The zero-order valence-electron chi connectivity index (χ0n) is 7.11. The fourth-order valence-corrected chi connectivity index (χ4v) is 1.47. The molecular weight excluding hydrogens is 160 g/mol. The Bertz CT molecular complexity index is 235. The Balaban J connectivity index is 2.92. The van der Waals surface area contributed by atoms with Gasteiger partial charge >= 0.3 is 6.09 Å². The molecule has 0 unspecified atom stereocenters. The van der Waals surface area contributed by atoms with E-state index in [1.807, 2.05) is 0 Å². The maximum absolute atomic E-state index is 10.7. The van der Waals surface area contributed by atoms with Gasteiger partial charge in [-0.25, -0.2) is 4.79 Å². The summed E-state index contributed by atoms with van der Waals surface area (Å²) < 4.78 is 0. The van der Waals surface area contributed by atoms with E-state index in [9.17, 15) is 4.79 Å². The molecule has 1 aliphatic heterocycles. The normalized spacial score (nSPS) is 24.8. The maximum Gasteiger partial charge on any atom is 0.408 e. The lowest BCUT2D eigenvalue weighted by atomic mass is 10.0. The number of likely N-dealkylation sites (tertiary alicyclic amines) is 1. The predicted octanol–water partition coefficient (Wildman–Crippen LogP) is 0.979. The second-order valence-electron chi connectivity index (χ2n) is 3.29. The zero-order valence-corrected chi connectivity index (χ0v) is 7.11. The Hall–Kier alpha value is -1.26. The summed E-state index contributed by atoms with van der Waals surface area (Å²) >= 11 is 0. The van der Waals surface area contributed by atoms with E-state index >= 15 is 0 Å². The van der Waals surface area contributed by atoms with Crippen LogP contribution in [-0.2, 0) is 0 Å². The Labute approximate surface area is 70.3 Å². The van der Waals surface area contributed by atoms with Gasteiger partial charge in [0.25, 0.3) is 0 Å². The molecule has 1 heterocycles. The summed E-state index contributed by atoms with van der Waals surface area (Å²) in [7, 11) is 0. The Morgan fingerprint density at radius 1 is 1.67 bits per heavy atom. The van der Waals surface area contributed by atoms with Crippen molar-refractivity contribution in [3.05, 3.63) is 0 Å². The third kappa shape index (κ3) is 1.11. The van der Waals surface area contributed by atoms with Gasteiger partial charge in [0.15, 0.2) is 0 Å². The molecule has 0 aliphatic carbocycles. The van der Waals surface area contributed by atoms with Crippen LogP contribution in [0.3, 0.4) is 0 Å². The van der Waals surface area contributed by atoms with E-state index < -0.39 is 11.6 Å². The molecule has 1 rings (SSSR count). The third-order valence-corrected chi connectivity index (χ3v) is 2.30. The van der Waals surface area contributed by atoms with E-state index in [0.29, 0.717) is 18.7 Å². The summed E-state index contributed by atoms with van der Waals surface area (Å²) in [5, 5.41) is 20.4. The van der Waals surface area contributed by atoms with Gasteiger partial charge in [0.1, 0.15) is 0 Å². The molecule has 68 valence electrons. The average molecular weight is 172 g/mol. The molecule has 0 saturated carbocycles. The van der Waals surface area contributed by atoms with E-state index in [1.54, 1.807) is 13.8 Å². The molecule has 1 aliphatic rings. The zero-order chi connectivity index (χ0) is 9.35. The van der Waals surface area contributed by atoms with Crippen LogP contribution in [0.15, 0.2) is 5.16 Å². The van der Waals surface area contributed by atoms with Crippen molar-refractivity contribution in [1.29, 1.82) is 0 Å². The lowest BCUT2D eigenvalue weighted by molar-refractivity contribution is 0.128. The first-order chi connectivity index (χ1) is 5.50. The van der Waals surface area contributed by atoms with Crippen molar-refractivity contribution in [2.24, 2.45) is 5.16 Å². The molecule has 1 fully saturated rings. The Kier molecular flexibility index (Phi) is 1.95. The average Bonchev–Trinajstić information content (AvgIpc) is 2.24. The second-order valence-corrected chi connectivity index (χ2v) is 3.29. The summed E-state index contributed by atoms with van der Waals surface area (Å²) in [6.45, 7) is 3.86. The van der Waals surface area contributed by atoms with Crippen LogP contribution < -0.4 is 0 Å². The van der Waals surface area contributed by atoms with Gasteiger partial charge < -0.3 is 10.3 Å². The molecule has 12 heavy (non-hydrogen) atoms. The van der Waals surface area contributed by atoms with Gasteiger partial charge in [0.2, 0.25) is 0 Å². The summed E-state index contributed by atoms with van der Waals surface area (Å²) in [6, 6.07) is 0. The molecule has 0 spiro atoms. The van der Waals surface area contributed by atoms with Gasteiger partial charge in [0.05, 0.1) is 11.3 Å². The van der Waals surface area contributed by atoms with Crippen molar-refractivity contribution in [3.63, 3.8) is 0 Å². The van der Waals surface area contributed by atoms with Crippen molar-refractivity contribution < 1.29 is 15.1 Å². The predicted molar refractivity (Wildman–Crippen MR) is 42.6 cm³/mol. The third-order valence-electron chi connectivity index (χ3n) is 2.30. The topological polar surface area (TPSA) is 73.1 Å². The van der Waals surface area contributed by atoms with Crippen LogP contribution in [-0.4, -0.2) is 39.1 Å². The minimum atomic E-state index is -0.973. The second kappa shape index (κ2) is 2.66. The van der Waals surface area contributed by atoms with Crippen molar-refractivity contribution in [1.82, 2.24) is 4.90 Å². The van der Waals surface area contributed by atoms with Crippen molar-refractivity contribution in [2.75, 3.05) is 6.54 Å². The number of rotatable bonds is 0. The standard InChI is InChI=1S/C7H12N2O3/c1-7(2)5(8-12)3-4-9(7)6(10)11/h12H,3-4H2,1-2H3,(H,10,11). The van der Waals surface area contributed by atoms with Crippen molar-refractivity contribution in [3.8, 4) is 0 Å². The minimum absolute atomic E-state index is 0.404. The van der Waals surface area contributed by atoms with Crippen LogP contribution >= 0.6 is 0 Å². The first kappa shape index (κ1) is 8.83. The number of nitrogens with zero attached hydrogens (tertiary/aromatic N) is 2.